The van der Waals surface area contributed by atoms with E-state index in [1.54, 1.807) is 32.9 Å². The van der Waals surface area contributed by atoms with E-state index in [4.69, 9.17) is 9.47 Å². The van der Waals surface area contributed by atoms with Crippen molar-refractivity contribution in [2.75, 3.05) is 17.7 Å². The van der Waals surface area contributed by atoms with Crippen molar-refractivity contribution >= 4 is 27.4 Å². The number of carbonyl (C=O) groups is 2. The van der Waals surface area contributed by atoms with Gasteiger partial charge in [-0.15, -0.1) is 0 Å². The molecule has 1 amide bonds. The van der Waals surface area contributed by atoms with Gasteiger partial charge in [-0.1, -0.05) is 6.42 Å². The molecule has 0 heterocycles. The number of aromatic hydroxyl groups is 1. The first-order valence-corrected chi connectivity index (χ1v) is 12.5. The predicted octanol–water partition coefficient (Wildman–Crippen LogP) is 4.27. The lowest BCUT2D eigenvalue weighted by Crippen LogP contribution is -2.22. The normalized spacial score (nSPS) is 13.8. The van der Waals surface area contributed by atoms with Crippen molar-refractivity contribution < 1.29 is 32.6 Å². The molecule has 0 radical (unpaired) electrons. The molecule has 0 atom stereocenters. The van der Waals surface area contributed by atoms with E-state index in [1.165, 1.54) is 18.2 Å². The zero-order valence-electron chi connectivity index (χ0n) is 19.0. The van der Waals surface area contributed by atoms with E-state index in [-0.39, 0.29) is 41.1 Å². The van der Waals surface area contributed by atoms with E-state index in [2.05, 4.69) is 5.32 Å². The van der Waals surface area contributed by atoms with Gasteiger partial charge in [-0.25, -0.2) is 8.42 Å². The Balaban J connectivity index is 1.77. The van der Waals surface area contributed by atoms with E-state index in [9.17, 15) is 23.1 Å². The molecule has 0 spiro atoms. The van der Waals surface area contributed by atoms with E-state index in [0.29, 0.717) is 22.6 Å². The number of esters is 1. The number of sulfone groups is 1. The van der Waals surface area contributed by atoms with Gasteiger partial charge in [0.05, 0.1) is 12.4 Å². The Labute approximate surface area is 193 Å². The molecule has 33 heavy (non-hydrogen) atoms. The van der Waals surface area contributed by atoms with Gasteiger partial charge in [-0.05, 0) is 74.9 Å². The van der Waals surface area contributed by atoms with E-state index in [0.717, 1.165) is 19.3 Å². The van der Waals surface area contributed by atoms with Crippen molar-refractivity contribution in [2.24, 2.45) is 5.92 Å². The van der Waals surface area contributed by atoms with Crippen LogP contribution in [-0.4, -0.2) is 37.8 Å². The summed E-state index contributed by atoms with van der Waals surface area (Å²) in [4.78, 5) is 23.4. The Bertz CT molecular complexity index is 1130. The highest BCUT2D eigenvalue weighted by Gasteiger charge is 2.28. The molecule has 2 N–H and O–H groups in total. The summed E-state index contributed by atoms with van der Waals surface area (Å²) in [6, 6.07) is 7.56. The third-order valence-corrected chi connectivity index (χ3v) is 7.43. The third kappa shape index (κ3) is 6.25. The number of benzene rings is 2. The number of phenolic OH excluding ortho intramolecular Hbond substituents is 1. The van der Waals surface area contributed by atoms with Gasteiger partial charge >= 0.3 is 5.97 Å². The number of carbonyl (C=O) groups excluding carboxylic acids is 2. The lowest BCUT2D eigenvalue weighted by Gasteiger charge is -2.25. The van der Waals surface area contributed by atoms with Crippen LogP contribution in [0.2, 0.25) is 0 Å². The standard InChI is InChI=1S/C24H29NO7S/c1-4-31-23(28)13-22(27)25-18-10-15(2)24(16(3)11-18)32-19-8-9-20(26)21(12-19)33(29,30)14-17-6-5-7-17/h8-12,17,26H,4-7,13-14H2,1-3H3,(H,25,27). The fourth-order valence-corrected chi connectivity index (χ4v) is 5.53. The van der Waals surface area contributed by atoms with Crippen molar-refractivity contribution in [1.29, 1.82) is 0 Å². The highest BCUT2D eigenvalue weighted by atomic mass is 32.2. The van der Waals surface area contributed by atoms with Gasteiger partial charge in [0, 0.05) is 11.8 Å². The Hall–Kier alpha value is -3.07. The summed E-state index contributed by atoms with van der Waals surface area (Å²) in [5.41, 5.74) is 1.91. The first kappa shape index (κ1) is 24.6. The lowest BCUT2D eigenvalue weighted by atomic mass is 9.87. The number of phenols is 1. The molecular formula is C24H29NO7S. The van der Waals surface area contributed by atoms with Crippen LogP contribution in [0, 0.1) is 19.8 Å². The average molecular weight is 476 g/mol. The van der Waals surface area contributed by atoms with Crippen LogP contribution in [0.15, 0.2) is 35.2 Å². The van der Waals surface area contributed by atoms with Gasteiger partial charge in [0.2, 0.25) is 5.91 Å². The maximum absolute atomic E-state index is 12.8. The number of ether oxygens (including phenoxy) is 2. The van der Waals surface area contributed by atoms with E-state index in [1.807, 2.05) is 0 Å². The van der Waals surface area contributed by atoms with Gasteiger partial charge in [-0.2, -0.15) is 0 Å². The van der Waals surface area contributed by atoms with E-state index < -0.39 is 21.7 Å². The molecule has 0 aromatic heterocycles. The molecule has 0 bridgehead atoms. The molecule has 0 saturated heterocycles. The van der Waals surface area contributed by atoms with Crippen molar-refractivity contribution in [1.82, 2.24) is 0 Å². The Morgan fingerprint density at radius 3 is 2.36 bits per heavy atom. The largest absolute Gasteiger partial charge is 0.507 e. The maximum Gasteiger partial charge on any atom is 0.315 e. The zero-order chi connectivity index (χ0) is 24.2. The molecule has 1 saturated carbocycles. The predicted molar refractivity (Wildman–Crippen MR) is 123 cm³/mol. The highest BCUT2D eigenvalue weighted by molar-refractivity contribution is 7.91. The Morgan fingerprint density at radius 2 is 1.79 bits per heavy atom. The number of aryl methyl sites for hydroxylation is 2. The molecule has 1 fully saturated rings. The van der Waals surface area contributed by atoms with Crippen LogP contribution in [0.3, 0.4) is 0 Å². The van der Waals surface area contributed by atoms with Gasteiger partial charge in [-0.3, -0.25) is 9.59 Å². The van der Waals surface area contributed by atoms with Gasteiger partial charge in [0.25, 0.3) is 0 Å². The average Bonchev–Trinajstić information content (AvgIpc) is 2.69. The first-order valence-electron chi connectivity index (χ1n) is 10.9. The maximum atomic E-state index is 12.8. The second-order valence-electron chi connectivity index (χ2n) is 8.28. The summed E-state index contributed by atoms with van der Waals surface area (Å²) in [6.45, 7) is 5.45. The third-order valence-electron chi connectivity index (χ3n) is 5.52. The minimum absolute atomic E-state index is 0.0161. The number of anilines is 1. The number of hydrogen-bond donors (Lipinski definition) is 2. The van der Waals surface area contributed by atoms with Crippen LogP contribution >= 0.6 is 0 Å². The summed E-state index contributed by atoms with van der Waals surface area (Å²) in [5.74, 6) is -0.441. The van der Waals surface area contributed by atoms with Crippen LogP contribution in [0.5, 0.6) is 17.2 Å². The minimum Gasteiger partial charge on any atom is -0.507 e. The fourth-order valence-electron chi connectivity index (χ4n) is 3.72. The molecule has 2 aromatic rings. The van der Waals surface area contributed by atoms with Crippen molar-refractivity contribution in [3.05, 3.63) is 41.5 Å². The highest BCUT2D eigenvalue weighted by Crippen LogP contribution is 2.37. The molecule has 1 aliphatic rings. The molecule has 9 heteroatoms. The van der Waals surface area contributed by atoms with Gasteiger partial charge < -0.3 is 19.9 Å². The number of amides is 1. The van der Waals surface area contributed by atoms with Crippen LogP contribution in [-0.2, 0) is 24.2 Å². The molecule has 1 aliphatic carbocycles. The molecule has 0 aliphatic heterocycles. The van der Waals surface area contributed by atoms with Crippen molar-refractivity contribution in [3.8, 4) is 17.2 Å². The van der Waals surface area contributed by atoms with Gasteiger partial charge in [0.1, 0.15) is 28.6 Å². The summed E-state index contributed by atoms with van der Waals surface area (Å²) in [6.07, 6.45) is 2.43. The topological polar surface area (TPSA) is 119 Å². The number of hydrogen-bond acceptors (Lipinski definition) is 7. The van der Waals surface area contributed by atoms with Crippen LogP contribution in [0.4, 0.5) is 5.69 Å². The summed E-state index contributed by atoms with van der Waals surface area (Å²) < 4.78 is 36.3. The fraction of sp³-hybridized carbons (Fsp3) is 0.417. The van der Waals surface area contributed by atoms with Gasteiger partial charge in [0.15, 0.2) is 9.84 Å². The molecule has 178 valence electrons. The van der Waals surface area contributed by atoms with Crippen LogP contribution in [0.1, 0.15) is 43.7 Å². The lowest BCUT2D eigenvalue weighted by molar-refractivity contribution is -0.145. The summed E-state index contributed by atoms with van der Waals surface area (Å²) in [7, 11) is -3.64. The van der Waals surface area contributed by atoms with E-state index >= 15 is 0 Å². The number of nitrogens with one attached hydrogen (secondary N) is 1. The summed E-state index contributed by atoms with van der Waals surface area (Å²) >= 11 is 0. The second-order valence-corrected chi connectivity index (χ2v) is 10.3. The monoisotopic (exact) mass is 475 g/mol. The first-order chi connectivity index (χ1) is 15.6. The minimum atomic E-state index is -3.64. The molecule has 2 aromatic carbocycles. The zero-order valence-corrected chi connectivity index (χ0v) is 19.8. The second kappa shape index (κ2) is 10.2. The molecule has 0 unspecified atom stereocenters. The molecule has 3 rings (SSSR count). The number of rotatable bonds is 9. The molecular weight excluding hydrogens is 446 g/mol. The van der Waals surface area contributed by atoms with Crippen molar-refractivity contribution in [2.45, 2.75) is 51.3 Å². The smallest absolute Gasteiger partial charge is 0.315 e. The SMILES string of the molecule is CCOC(=O)CC(=O)Nc1cc(C)c(Oc2ccc(O)c(S(=O)(=O)CC3CCC3)c2)c(C)c1. The van der Waals surface area contributed by atoms with Crippen molar-refractivity contribution in [3.63, 3.8) is 0 Å². The Kier molecular flexibility index (Phi) is 7.63. The van der Waals surface area contributed by atoms with Crippen LogP contribution < -0.4 is 10.1 Å². The summed E-state index contributed by atoms with van der Waals surface area (Å²) in [5, 5.41) is 12.8. The molecule has 8 nitrogen and oxygen atoms in total. The van der Waals surface area contributed by atoms with Crippen LogP contribution in [0.25, 0.3) is 0 Å². The Morgan fingerprint density at radius 1 is 1.12 bits per heavy atom. The quantitative estimate of drug-likeness (QED) is 0.411.